The van der Waals surface area contributed by atoms with Gasteiger partial charge in [-0.3, -0.25) is 4.79 Å². The van der Waals surface area contributed by atoms with Gasteiger partial charge in [0.05, 0.1) is 0 Å². The number of amides is 1. The van der Waals surface area contributed by atoms with Gasteiger partial charge < -0.3 is 10.3 Å². The number of carbonyl (C=O) groups excluding carboxylic acids is 1. The van der Waals surface area contributed by atoms with Gasteiger partial charge in [-0.2, -0.15) is 0 Å². The van der Waals surface area contributed by atoms with E-state index in [4.69, 9.17) is 0 Å². The third-order valence-electron chi connectivity index (χ3n) is 3.19. The Hall–Kier alpha value is -2.69. The molecule has 3 rings (SSSR count). The minimum atomic E-state index is -0.347. The Bertz CT molecular complexity index is 794. The number of halogens is 2. The molecule has 2 aromatic carbocycles. The van der Waals surface area contributed by atoms with Gasteiger partial charge in [-0.1, -0.05) is 12.1 Å². The fourth-order valence-electron chi connectivity index (χ4n) is 2.11. The van der Waals surface area contributed by atoms with Crippen molar-refractivity contribution in [2.24, 2.45) is 0 Å². The molecule has 21 heavy (non-hydrogen) atoms. The summed E-state index contributed by atoms with van der Waals surface area (Å²) in [5, 5.41) is 3.36. The third kappa shape index (κ3) is 2.91. The molecule has 0 aliphatic heterocycles. The number of hydrogen-bond donors (Lipinski definition) is 2. The van der Waals surface area contributed by atoms with E-state index in [1.807, 2.05) is 0 Å². The first-order valence-electron chi connectivity index (χ1n) is 6.43. The zero-order valence-corrected chi connectivity index (χ0v) is 11.0. The molecule has 3 nitrogen and oxygen atoms in total. The van der Waals surface area contributed by atoms with Crippen LogP contribution in [0, 0.1) is 11.6 Å². The fourth-order valence-corrected chi connectivity index (χ4v) is 2.11. The Morgan fingerprint density at radius 3 is 2.48 bits per heavy atom. The SMILES string of the molecule is O=C(NCc1ccc(F)cc1)c1cc2cc(F)ccc2[nH]1. The average Bonchev–Trinajstić information content (AvgIpc) is 2.89. The highest BCUT2D eigenvalue weighted by Crippen LogP contribution is 2.16. The van der Waals surface area contributed by atoms with Crippen LogP contribution in [-0.2, 0) is 6.54 Å². The molecule has 0 fully saturated rings. The lowest BCUT2D eigenvalue weighted by molar-refractivity contribution is 0.0947. The molecule has 0 radical (unpaired) electrons. The number of H-pyrrole nitrogens is 1. The minimum absolute atomic E-state index is 0.294. The van der Waals surface area contributed by atoms with Crippen LogP contribution in [0.15, 0.2) is 48.5 Å². The lowest BCUT2D eigenvalue weighted by Gasteiger charge is -2.03. The Morgan fingerprint density at radius 2 is 1.71 bits per heavy atom. The maximum atomic E-state index is 13.1. The Kier molecular flexibility index (Phi) is 3.39. The molecule has 3 aromatic rings. The van der Waals surface area contributed by atoms with Crippen molar-refractivity contribution >= 4 is 16.8 Å². The molecule has 106 valence electrons. The van der Waals surface area contributed by atoms with Crippen LogP contribution in [0.1, 0.15) is 16.1 Å². The number of aromatic nitrogens is 1. The highest BCUT2D eigenvalue weighted by molar-refractivity contribution is 5.97. The van der Waals surface area contributed by atoms with Crippen molar-refractivity contribution in [1.82, 2.24) is 10.3 Å². The zero-order valence-electron chi connectivity index (χ0n) is 11.0. The summed E-state index contributed by atoms with van der Waals surface area (Å²) >= 11 is 0. The summed E-state index contributed by atoms with van der Waals surface area (Å²) in [5.41, 5.74) is 1.85. The summed E-state index contributed by atoms with van der Waals surface area (Å²) in [4.78, 5) is 15.0. The van der Waals surface area contributed by atoms with Crippen LogP contribution >= 0.6 is 0 Å². The van der Waals surface area contributed by atoms with Crippen LogP contribution < -0.4 is 5.32 Å². The van der Waals surface area contributed by atoms with Crippen LogP contribution in [0.25, 0.3) is 10.9 Å². The highest BCUT2D eigenvalue weighted by atomic mass is 19.1. The van der Waals surface area contributed by atoms with E-state index in [0.717, 1.165) is 5.56 Å². The number of nitrogens with one attached hydrogen (secondary N) is 2. The summed E-state index contributed by atoms with van der Waals surface area (Å²) in [5.74, 6) is -0.960. The summed E-state index contributed by atoms with van der Waals surface area (Å²) < 4.78 is 25.9. The molecule has 1 aromatic heterocycles. The predicted molar refractivity (Wildman–Crippen MR) is 75.8 cm³/mol. The number of benzene rings is 2. The second kappa shape index (κ2) is 5.36. The van der Waals surface area contributed by atoms with E-state index in [9.17, 15) is 13.6 Å². The minimum Gasteiger partial charge on any atom is -0.351 e. The first kappa shape index (κ1) is 13.3. The molecule has 0 unspecified atom stereocenters. The van der Waals surface area contributed by atoms with E-state index in [1.54, 1.807) is 24.3 Å². The normalized spacial score (nSPS) is 10.8. The van der Waals surface area contributed by atoms with Gasteiger partial charge in [-0.25, -0.2) is 8.78 Å². The first-order valence-corrected chi connectivity index (χ1v) is 6.43. The third-order valence-corrected chi connectivity index (χ3v) is 3.19. The number of fused-ring (bicyclic) bond motifs is 1. The molecule has 0 spiro atoms. The fraction of sp³-hybridized carbons (Fsp3) is 0.0625. The molecule has 0 atom stereocenters. The molecule has 0 aliphatic carbocycles. The average molecular weight is 286 g/mol. The summed E-state index contributed by atoms with van der Waals surface area (Å²) in [6.45, 7) is 0.294. The zero-order chi connectivity index (χ0) is 14.8. The van der Waals surface area contributed by atoms with Gasteiger partial charge in [-0.05, 0) is 42.0 Å². The Balaban J connectivity index is 1.73. The van der Waals surface area contributed by atoms with E-state index in [2.05, 4.69) is 10.3 Å². The van der Waals surface area contributed by atoms with Gasteiger partial charge in [0.15, 0.2) is 0 Å². The molecule has 1 heterocycles. The van der Waals surface area contributed by atoms with Gasteiger partial charge in [0.2, 0.25) is 0 Å². The van der Waals surface area contributed by atoms with E-state index in [0.29, 0.717) is 23.1 Å². The quantitative estimate of drug-likeness (QED) is 0.761. The van der Waals surface area contributed by atoms with Crippen molar-refractivity contribution in [2.45, 2.75) is 6.54 Å². The molecule has 1 amide bonds. The van der Waals surface area contributed by atoms with Crippen molar-refractivity contribution in [1.29, 1.82) is 0 Å². The topological polar surface area (TPSA) is 44.9 Å². The smallest absolute Gasteiger partial charge is 0.267 e. The van der Waals surface area contributed by atoms with Crippen LogP contribution in [-0.4, -0.2) is 10.9 Å². The molecule has 0 saturated carbocycles. The van der Waals surface area contributed by atoms with Crippen molar-refractivity contribution in [2.75, 3.05) is 0 Å². The van der Waals surface area contributed by atoms with E-state index in [1.165, 1.54) is 24.3 Å². The molecule has 5 heteroatoms. The predicted octanol–water partition coefficient (Wildman–Crippen LogP) is 3.38. The van der Waals surface area contributed by atoms with Crippen molar-refractivity contribution in [3.05, 3.63) is 71.4 Å². The summed E-state index contributed by atoms with van der Waals surface area (Å²) in [6.07, 6.45) is 0. The Morgan fingerprint density at radius 1 is 1.00 bits per heavy atom. The van der Waals surface area contributed by atoms with E-state index in [-0.39, 0.29) is 17.5 Å². The molecule has 0 saturated heterocycles. The summed E-state index contributed by atoms with van der Waals surface area (Å²) in [6, 6.07) is 11.8. The van der Waals surface area contributed by atoms with Crippen molar-refractivity contribution < 1.29 is 13.6 Å². The molecule has 0 aliphatic rings. The molecular formula is C16H12F2N2O. The van der Waals surface area contributed by atoms with E-state index < -0.39 is 0 Å². The van der Waals surface area contributed by atoms with E-state index >= 15 is 0 Å². The number of hydrogen-bond acceptors (Lipinski definition) is 1. The molecule has 2 N–H and O–H groups in total. The van der Waals surface area contributed by atoms with Gasteiger partial charge in [-0.15, -0.1) is 0 Å². The van der Waals surface area contributed by atoms with Crippen LogP contribution in [0.2, 0.25) is 0 Å². The lowest BCUT2D eigenvalue weighted by Crippen LogP contribution is -2.23. The lowest BCUT2D eigenvalue weighted by atomic mass is 10.2. The second-order valence-corrected chi connectivity index (χ2v) is 4.72. The maximum Gasteiger partial charge on any atom is 0.267 e. The number of rotatable bonds is 3. The van der Waals surface area contributed by atoms with Crippen LogP contribution in [0.4, 0.5) is 8.78 Å². The second-order valence-electron chi connectivity index (χ2n) is 4.72. The summed E-state index contributed by atoms with van der Waals surface area (Å²) in [7, 11) is 0. The van der Waals surface area contributed by atoms with Crippen LogP contribution in [0.5, 0.6) is 0 Å². The molecule has 0 bridgehead atoms. The monoisotopic (exact) mass is 286 g/mol. The van der Waals surface area contributed by atoms with Gasteiger partial charge in [0.1, 0.15) is 17.3 Å². The first-order chi connectivity index (χ1) is 10.1. The standard InChI is InChI=1S/C16H12F2N2O/c17-12-3-1-10(2-4-12)9-19-16(21)15-8-11-7-13(18)5-6-14(11)20-15/h1-8,20H,9H2,(H,19,21). The van der Waals surface area contributed by atoms with Crippen molar-refractivity contribution in [3.63, 3.8) is 0 Å². The number of carbonyl (C=O) groups is 1. The number of aromatic amines is 1. The van der Waals surface area contributed by atoms with Gasteiger partial charge in [0, 0.05) is 17.4 Å². The van der Waals surface area contributed by atoms with Crippen molar-refractivity contribution in [3.8, 4) is 0 Å². The van der Waals surface area contributed by atoms with Crippen LogP contribution in [0.3, 0.4) is 0 Å². The molecular weight excluding hydrogens is 274 g/mol. The maximum absolute atomic E-state index is 13.1. The van der Waals surface area contributed by atoms with Gasteiger partial charge in [0.25, 0.3) is 5.91 Å². The largest absolute Gasteiger partial charge is 0.351 e. The van der Waals surface area contributed by atoms with Gasteiger partial charge >= 0.3 is 0 Å². The Labute approximate surface area is 119 Å². The highest BCUT2D eigenvalue weighted by Gasteiger charge is 2.09.